The quantitative estimate of drug-likeness (QED) is 0.910. The van der Waals surface area contributed by atoms with Gasteiger partial charge in [0.25, 0.3) is 0 Å². The van der Waals surface area contributed by atoms with Gasteiger partial charge < -0.3 is 15.0 Å². The van der Waals surface area contributed by atoms with Gasteiger partial charge in [0.05, 0.1) is 17.4 Å². The van der Waals surface area contributed by atoms with E-state index in [1.807, 2.05) is 23.1 Å². The Morgan fingerprint density at radius 2 is 2.32 bits per heavy atom. The third-order valence-corrected chi connectivity index (χ3v) is 4.74. The van der Waals surface area contributed by atoms with Crippen molar-refractivity contribution in [1.29, 1.82) is 0 Å². The fourth-order valence-electron chi connectivity index (χ4n) is 3.31. The van der Waals surface area contributed by atoms with Crippen LogP contribution in [0.5, 0.6) is 0 Å². The molecular weight excluding hydrogens is 278 g/mol. The van der Waals surface area contributed by atoms with Crippen LogP contribution in [0.15, 0.2) is 18.5 Å². The number of nitrogens with one attached hydrogen (secondary N) is 1. The number of aliphatic hydroxyl groups is 1. The lowest BCUT2D eigenvalue weighted by Crippen LogP contribution is -2.36. The van der Waals surface area contributed by atoms with Crippen LogP contribution in [0.1, 0.15) is 38.7 Å². The maximum absolute atomic E-state index is 11.3. The highest BCUT2D eigenvalue weighted by Gasteiger charge is 2.27. The SMILES string of the molecule is CCn1ccc2c(N[C@@H]3C[C@H](O)CC[C@H]3C)c([C]=O)cnc21. The van der Waals surface area contributed by atoms with Crippen LogP contribution in [-0.2, 0) is 11.3 Å². The summed E-state index contributed by atoms with van der Waals surface area (Å²) >= 11 is 0. The van der Waals surface area contributed by atoms with Crippen LogP contribution in [0.3, 0.4) is 0 Å². The van der Waals surface area contributed by atoms with E-state index < -0.39 is 0 Å². The molecule has 5 nitrogen and oxygen atoms in total. The lowest BCUT2D eigenvalue weighted by atomic mass is 9.84. The van der Waals surface area contributed by atoms with Crippen LogP contribution in [0, 0.1) is 5.92 Å². The summed E-state index contributed by atoms with van der Waals surface area (Å²) < 4.78 is 2.05. The molecule has 0 bridgehead atoms. The monoisotopic (exact) mass is 300 g/mol. The molecule has 0 unspecified atom stereocenters. The summed E-state index contributed by atoms with van der Waals surface area (Å²) in [7, 11) is 0. The molecule has 22 heavy (non-hydrogen) atoms. The minimum atomic E-state index is -0.269. The molecule has 117 valence electrons. The number of hydrogen-bond donors (Lipinski definition) is 2. The predicted molar refractivity (Wildman–Crippen MR) is 86.6 cm³/mol. The van der Waals surface area contributed by atoms with Gasteiger partial charge in [-0.05, 0) is 38.2 Å². The lowest BCUT2D eigenvalue weighted by molar-refractivity contribution is 0.105. The van der Waals surface area contributed by atoms with Crippen molar-refractivity contribution in [3.8, 4) is 0 Å². The molecule has 0 aromatic carbocycles. The van der Waals surface area contributed by atoms with Crippen molar-refractivity contribution in [2.24, 2.45) is 5.92 Å². The molecule has 2 aromatic rings. The number of pyridine rings is 1. The maximum atomic E-state index is 11.3. The van der Waals surface area contributed by atoms with Crippen LogP contribution in [0.25, 0.3) is 11.0 Å². The van der Waals surface area contributed by atoms with Crippen molar-refractivity contribution in [1.82, 2.24) is 9.55 Å². The molecule has 1 aliphatic rings. The standard InChI is InChI=1S/C17H22N3O2/c1-3-20-7-6-14-16(12(10-21)9-18-17(14)20)19-15-8-13(22)5-4-11(15)2/h6-7,9,11,13,15,22H,3-5,8H2,1-2H3,(H,18,19)/t11-,13-,15-/m1/s1. The van der Waals surface area contributed by atoms with Crippen LogP contribution in [0.2, 0.25) is 0 Å². The Kier molecular flexibility index (Phi) is 4.16. The molecule has 1 saturated carbocycles. The van der Waals surface area contributed by atoms with E-state index in [4.69, 9.17) is 0 Å². The summed E-state index contributed by atoms with van der Waals surface area (Å²) in [5, 5.41) is 14.3. The largest absolute Gasteiger partial charge is 0.393 e. The number of rotatable bonds is 4. The second-order valence-corrected chi connectivity index (χ2v) is 6.18. The van der Waals surface area contributed by atoms with Crippen molar-refractivity contribution in [3.63, 3.8) is 0 Å². The fraction of sp³-hybridized carbons (Fsp3) is 0.529. The average molecular weight is 300 g/mol. The number of aryl methyl sites for hydroxylation is 1. The van der Waals surface area contributed by atoms with Crippen molar-refractivity contribution in [3.05, 3.63) is 24.0 Å². The summed E-state index contributed by atoms with van der Waals surface area (Å²) in [4.78, 5) is 15.7. The molecule has 2 N–H and O–H groups in total. The zero-order valence-electron chi connectivity index (χ0n) is 13.0. The van der Waals surface area contributed by atoms with Gasteiger partial charge in [0.2, 0.25) is 6.29 Å². The topological polar surface area (TPSA) is 67.2 Å². The molecule has 0 saturated heterocycles. The minimum absolute atomic E-state index is 0.159. The lowest BCUT2D eigenvalue weighted by Gasteiger charge is -2.33. The number of fused-ring (bicyclic) bond motifs is 1. The Hall–Kier alpha value is -1.88. The zero-order valence-corrected chi connectivity index (χ0v) is 13.0. The van der Waals surface area contributed by atoms with Gasteiger partial charge in [0, 0.05) is 30.4 Å². The van der Waals surface area contributed by atoms with Crippen molar-refractivity contribution < 1.29 is 9.90 Å². The number of aromatic nitrogens is 2. The molecule has 0 aliphatic heterocycles. The van der Waals surface area contributed by atoms with Gasteiger partial charge in [0.1, 0.15) is 5.65 Å². The third kappa shape index (κ3) is 2.61. The molecule has 3 rings (SSSR count). The highest BCUT2D eigenvalue weighted by molar-refractivity contribution is 5.99. The van der Waals surface area contributed by atoms with Gasteiger partial charge >= 0.3 is 0 Å². The molecule has 1 fully saturated rings. The van der Waals surface area contributed by atoms with Gasteiger partial charge in [-0.25, -0.2) is 4.98 Å². The number of nitrogens with zero attached hydrogens (tertiary/aromatic N) is 2. The molecule has 2 heterocycles. The Morgan fingerprint density at radius 3 is 3.05 bits per heavy atom. The zero-order chi connectivity index (χ0) is 15.7. The predicted octanol–water partition coefficient (Wildman–Crippen LogP) is 2.48. The van der Waals surface area contributed by atoms with Crippen molar-refractivity contribution in [2.45, 2.75) is 51.8 Å². The first-order valence-electron chi connectivity index (χ1n) is 7.94. The van der Waals surface area contributed by atoms with E-state index >= 15 is 0 Å². The van der Waals surface area contributed by atoms with Crippen molar-refractivity contribution >= 4 is 23.0 Å². The number of aliphatic hydroxyl groups excluding tert-OH is 1. The highest BCUT2D eigenvalue weighted by Crippen LogP contribution is 2.32. The van der Waals surface area contributed by atoms with E-state index in [9.17, 15) is 9.90 Å². The molecular formula is C17H22N3O2. The first-order chi connectivity index (χ1) is 10.6. The van der Waals surface area contributed by atoms with Crippen LogP contribution in [0.4, 0.5) is 5.69 Å². The second kappa shape index (κ2) is 6.08. The first-order valence-corrected chi connectivity index (χ1v) is 7.94. The van der Waals surface area contributed by atoms with Crippen molar-refractivity contribution in [2.75, 3.05) is 5.32 Å². The normalized spacial score (nSPS) is 25.3. The molecule has 5 heteroatoms. The second-order valence-electron chi connectivity index (χ2n) is 6.18. The summed E-state index contributed by atoms with van der Waals surface area (Å²) in [6, 6.07) is 2.14. The molecule has 2 aromatic heterocycles. The van der Waals surface area contributed by atoms with E-state index in [2.05, 4.69) is 24.1 Å². The molecule has 1 aliphatic carbocycles. The summed E-state index contributed by atoms with van der Waals surface area (Å²) in [6.45, 7) is 5.08. The Morgan fingerprint density at radius 1 is 1.50 bits per heavy atom. The Balaban J connectivity index is 2.00. The smallest absolute Gasteiger partial charge is 0.237 e. The number of carbonyl (C=O) groups excluding carboxylic acids is 1. The van der Waals surface area contributed by atoms with E-state index in [0.717, 1.165) is 36.1 Å². The molecule has 0 amide bonds. The molecule has 1 radical (unpaired) electrons. The maximum Gasteiger partial charge on any atom is 0.237 e. The van der Waals surface area contributed by atoms with Gasteiger partial charge in [-0.1, -0.05) is 6.92 Å². The first kappa shape index (κ1) is 15.0. The van der Waals surface area contributed by atoms with Crippen LogP contribution < -0.4 is 5.32 Å². The van der Waals surface area contributed by atoms with Crippen LogP contribution in [-0.4, -0.2) is 33.1 Å². The third-order valence-electron chi connectivity index (χ3n) is 4.74. The van der Waals surface area contributed by atoms with Gasteiger partial charge in [-0.15, -0.1) is 0 Å². The Labute approximate surface area is 130 Å². The summed E-state index contributed by atoms with van der Waals surface area (Å²) in [6.07, 6.45) is 7.82. The fourth-order valence-corrected chi connectivity index (χ4v) is 3.31. The Bertz CT molecular complexity index is 680. The van der Waals surface area contributed by atoms with E-state index in [-0.39, 0.29) is 12.1 Å². The van der Waals surface area contributed by atoms with E-state index in [1.165, 1.54) is 0 Å². The molecule has 3 atom stereocenters. The van der Waals surface area contributed by atoms with Crippen LogP contribution >= 0.6 is 0 Å². The van der Waals surface area contributed by atoms with E-state index in [1.54, 1.807) is 6.20 Å². The number of anilines is 1. The van der Waals surface area contributed by atoms with Gasteiger partial charge in [-0.2, -0.15) is 0 Å². The highest BCUT2D eigenvalue weighted by atomic mass is 16.3. The van der Waals surface area contributed by atoms with Gasteiger partial charge in [0.15, 0.2) is 0 Å². The summed E-state index contributed by atoms with van der Waals surface area (Å²) in [5.41, 5.74) is 2.11. The van der Waals surface area contributed by atoms with Gasteiger partial charge in [-0.3, -0.25) is 4.79 Å². The number of hydrogen-bond acceptors (Lipinski definition) is 4. The summed E-state index contributed by atoms with van der Waals surface area (Å²) in [5.74, 6) is 0.458. The molecule has 0 spiro atoms. The average Bonchev–Trinajstić information content (AvgIpc) is 2.94. The minimum Gasteiger partial charge on any atom is -0.393 e. The van der Waals surface area contributed by atoms with E-state index in [0.29, 0.717) is 17.9 Å².